The number of benzene rings is 3. The molecule has 1 aliphatic heterocycles. The number of aromatic nitrogens is 1. The van der Waals surface area contributed by atoms with Gasteiger partial charge in [0.15, 0.2) is 0 Å². The van der Waals surface area contributed by atoms with Gasteiger partial charge >= 0.3 is 0 Å². The van der Waals surface area contributed by atoms with Crippen LogP contribution in [0.2, 0.25) is 0 Å². The van der Waals surface area contributed by atoms with Gasteiger partial charge in [0, 0.05) is 6.20 Å². The van der Waals surface area contributed by atoms with E-state index < -0.39 is 0 Å². The normalized spacial score (nSPS) is 11.9. The largest absolute Gasteiger partial charge is 0.256 e. The third-order valence-electron chi connectivity index (χ3n) is 5.01. The number of hydrogen-bond acceptors (Lipinski definition) is 1. The first kappa shape index (κ1) is 14.2. The molecule has 2 heteroatoms. The Kier molecular flexibility index (Phi) is 3.27. The molecule has 0 atom stereocenters. The van der Waals surface area contributed by atoms with Gasteiger partial charge in [-0.15, -0.1) is 0 Å². The highest BCUT2D eigenvalue weighted by Crippen LogP contribution is 2.23. The smallest absolute Gasteiger partial charge is 0.242 e. The molecule has 1 aromatic heterocycles. The summed E-state index contributed by atoms with van der Waals surface area (Å²) >= 11 is 0. The molecule has 0 saturated heterocycles. The predicted molar refractivity (Wildman–Crippen MR) is 106 cm³/mol. The lowest BCUT2D eigenvalue weighted by Crippen LogP contribution is -2.48. The molecule has 0 fully saturated rings. The fraction of sp³-hybridized carbons (Fsp3) is 0. The van der Waals surface area contributed by atoms with Gasteiger partial charge in [-0.25, -0.2) is 0 Å². The van der Waals surface area contributed by atoms with Gasteiger partial charge < -0.3 is 0 Å². The topological polar surface area (TPSA) is 12.9 Å². The highest BCUT2D eigenvalue weighted by atomic mass is 14.7. The first-order valence-corrected chi connectivity index (χ1v) is 8.61. The van der Waals surface area contributed by atoms with Gasteiger partial charge in [-0.1, -0.05) is 95.3 Å². The summed E-state index contributed by atoms with van der Waals surface area (Å²) < 4.78 is 0. The second-order valence-corrected chi connectivity index (χ2v) is 6.45. The first-order valence-electron chi connectivity index (χ1n) is 8.61. The van der Waals surface area contributed by atoms with Crippen LogP contribution in [0, 0.1) is 0 Å². The van der Waals surface area contributed by atoms with E-state index >= 15 is 0 Å². The van der Waals surface area contributed by atoms with Crippen LogP contribution in [0.1, 0.15) is 0 Å². The van der Waals surface area contributed by atoms with Gasteiger partial charge in [0.1, 0.15) is 0 Å². The van der Waals surface area contributed by atoms with Crippen LogP contribution in [-0.2, 0) is 0 Å². The SMILES string of the molecule is c1ccc(-c2cccc(B3c4ccccc4-c4ccccc43)c2)nc1. The average Bonchev–Trinajstić information content (AvgIpc) is 3.03. The van der Waals surface area contributed by atoms with E-state index in [9.17, 15) is 0 Å². The zero-order valence-corrected chi connectivity index (χ0v) is 13.8. The number of fused-ring (bicyclic) bond motifs is 3. The van der Waals surface area contributed by atoms with Crippen LogP contribution in [0.3, 0.4) is 0 Å². The fourth-order valence-electron chi connectivity index (χ4n) is 3.93. The van der Waals surface area contributed by atoms with Gasteiger partial charge in [-0.05, 0) is 28.8 Å². The third-order valence-corrected chi connectivity index (χ3v) is 5.01. The second-order valence-electron chi connectivity index (χ2n) is 6.45. The summed E-state index contributed by atoms with van der Waals surface area (Å²) in [6.07, 6.45) is 1.85. The van der Waals surface area contributed by atoms with Crippen LogP contribution in [0.25, 0.3) is 22.4 Å². The molecule has 0 unspecified atom stereocenters. The Hall–Kier alpha value is -3.13. The monoisotopic (exact) mass is 317 g/mol. The standard InChI is InChI=1S/C23H16BN/c1-3-12-21-19(10-1)20-11-2-4-13-22(20)24(21)18-9-7-8-17(16-18)23-14-5-6-15-25-23/h1-16H. The van der Waals surface area contributed by atoms with Crippen LogP contribution < -0.4 is 16.4 Å². The average molecular weight is 317 g/mol. The molecule has 116 valence electrons. The minimum atomic E-state index is 0.288. The quantitative estimate of drug-likeness (QED) is 0.456. The zero-order valence-electron chi connectivity index (χ0n) is 13.8. The van der Waals surface area contributed by atoms with Gasteiger partial charge in [0.2, 0.25) is 6.71 Å². The summed E-state index contributed by atoms with van der Waals surface area (Å²) in [7, 11) is 0. The molecule has 25 heavy (non-hydrogen) atoms. The van der Waals surface area contributed by atoms with E-state index in [-0.39, 0.29) is 6.71 Å². The van der Waals surface area contributed by atoms with E-state index in [0.717, 1.165) is 5.69 Å². The highest BCUT2D eigenvalue weighted by molar-refractivity contribution is 6.99. The highest BCUT2D eigenvalue weighted by Gasteiger charge is 2.32. The Balaban J connectivity index is 1.69. The summed E-state index contributed by atoms with van der Waals surface area (Å²) in [4.78, 5) is 4.51. The molecule has 2 heterocycles. The minimum absolute atomic E-state index is 0.288. The zero-order chi connectivity index (χ0) is 16.6. The molecule has 0 spiro atoms. The molecule has 0 saturated carbocycles. The summed E-state index contributed by atoms with van der Waals surface area (Å²) in [6, 6.07) is 32.4. The van der Waals surface area contributed by atoms with Crippen molar-refractivity contribution in [3.05, 3.63) is 97.2 Å². The molecular formula is C23H16BN. The third kappa shape index (κ3) is 2.30. The summed E-state index contributed by atoms with van der Waals surface area (Å²) in [5.74, 6) is 0. The van der Waals surface area contributed by atoms with Crippen LogP contribution in [0.15, 0.2) is 97.2 Å². The number of hydrogen-bond donors (Lipinski definition) is 0. The van der Waals surface area contributed by atoms with E-state index in [1.807, 2.05) is 18.3 Å². The first-order chi connectivity index (χ1) is 12.4. The van der Waals surface area contributed by atoms with Crippen LogP contribution in [-0.4, -0.2) is 11.7 Å². The van der Waals surface area contributed by atoms with Crippen LogP contribution in [0.4, 0.5) is 0 Å². The van der Waals surface area contributed by atoms with Crippen molar-refractivity contribution in [3.63, 3.8) is 0 Å². The van der Waals surface area contributed by atoms with Crippen molar-refractivity contribution < 1.29 is 0 Å². The van der Waals surface area contributed by atoms with Crippen molar-refractivity contribution >= 4 is 23.1 Å². The second kappa shape index (κ2) is 5.75. The lowest BCUT2D eigenvalue weighted by atomic mass is 9.39. The van der Waals surface area contributed by atoms with Crippen LogP contribution >= 0.6 is 0 Å². The van der Waals surface area contributed by atoms with E-state index in [0.29, 0.717) is 0 Å². The maximum absolute atomic E-state index is 4.51. The van der Waals surface area contributed by atoms with Gasteiger partial charge in [-0.3, -0.25) is 4.98 Å². The van der Waals surface area contributed by atoms with Crippen molar-refractivity contribution in [3.8, 4) is 22.4 Å². The summed E-state index contributed by atoms with van der Waals surface area (Å²) in [5.41, 5.74) is 8.99. The van der Waals surface area contributed by atoms with Gasteiger partial charge in [0.25, 0.3) is 0 Å². The Morgan fingerprint density at radius 1 is 0.600 bits per heavy atom. The minimum Gasteiger partial charge on any atom is -0.256 e. The fourth-order valence-corrected chi connectivity index (χ4v) is 3.93. The lowest BCUT2D eigenvalue weighted by molar-refractivity contribution is 1.33. The predicted octanol–water partition coefficient (Wildman–Crippen LogP) is 3.25. The maximum atomic E-state index is 4.51. The van der Waals surface area contributed by atoms with Crippen molar-refractivity contribution in [1.29, 1.82) is 0 Å². The molecule has 5 rings (SSSR count). The van der Waals surface area contributed by atoms with Crippen molar-refractivity contribution in [2.24, 2.45) is 0 Å². The molecule has 3 aromatic carbocycles. The molecule has 0 aliphatic carbocycles. The molecular weight excluding hydrogens is 301 g/mol. The summed E-state index contributed by atoms with van der Waals surface area (Å²) in [6.45, 7) is 0.288. The van der Waals surface area contributed by atoms with Crippen molar-refractivity contribution in [1.82, 2.24) is 4.98 Å². The van der Waals surface area contributed by atoms with E-state index in [1.54, 1.807) is 0 Å². The number of rotatable bonds is 2. The Labute approximate surface area is 148 Å². The van der Waals surface area contributed by atoms with Gasteiger partial charge in [0.05, 0.1) is 5.69 Å². The Morgan fingerprint density at radius 2 is 1.28 bits per heavy atom. The molecule has 0 radical (unpaired) electrons. The molecule has 4 aromatic rings. The Morgan fingerprint density at radius 3 is 1.96 bits per heavy atom. The molecule has 0 bridgehead atoms. The van der Waals surface area contributed by atoms with Crippen LogP contribution in [0.5, 0.6) is 0 Å². The van der Waals surface area contributed by atoms with E-state index in [1.165, 1.54) is 33.1 Å². The lowest BCUT2D eigenvalue weighted by Gasteiger charge is -2.12. The number of pyridine rings is 1. The van der Waals surface area contributed by atoms with E-state index in [2.05, 4.69) is 83.8 Å². The van der Waals surface area contributed by atoms with Crippen molar-refractivity contribution in [2.75, 3.05) is 0 Å². The molecule has 0 N–H and O–H groups in total. The molecule has 0 amide bonds. The van der Waals surface area contributed by atoms with E-state index in [4.69, 9.17) is 0 Å². The molecule has 1 nitrogen and oxygen atoms in total. The summed E-state index contributed by atoms with van der Waals surface area (Å²) in [5, 5.41) is 0. The number of nitrogens with zero attached hydrogens (tertiary/aromatic N) is 1. The van der Waals surface area contributed by atoms with Crippen molar-refractivity contribution in [2.45, 2.75) is 0 Å². The Bertz CT molecular complexity index is 1010. The molecule has 1 aliphatic rings. The van der Waals surface area contributed by atoms with Gasteiger partial charge in [-0.2, -0.15) is 0 Å². The maximum Gasteiger partial charge on any atom is 0.242 e.